The molecule has 5 N–H and O–H groups in total. The smallest absolute Gasteiger partial charge is 0.265 e. The summed E-state index contributed by atoms with van der Waals surface area (Å²) in [5.41, 5.74) is 2.07. The molecule has 0 aromatic heterocycles. The summed E-state index contributed by atoms with van der Waals surface area (Å²) in [5.74, 6) is 9.81. The number of amides is 1. The Balaban J connectivity index is 3.20. The molecule has 0 aromatic carbocycles. The van der Waals surface area contributed by atoms with Crippen molar-refractivity contribution >= 4 is 5.91 Å². The third-order valence-corrected chi connectivity index (χ3v) is 4.42. The van der Waals surface area contributed by atoms with Gasteiger partial charge in [0.1, 0.15) is 0 Å². The average Bonchev–Trinajstić information content (AvgIpc) is 2.58. The van der Waals surface area contributed by atoms with E-state index in [0.29, 0.717) is 6.42 Å². The number of carbonyl (C=O) groups is 1. The van der Waals surface area contributed by atoms with Gasteiger partial charge < -0.3 is 0 Å². The summed E-state index contributed by atoms with van der Waals surface area (Å²) < 4.78 is 0. The van der Waals surface area contributed by atoms with Crippen molar-refractivity contribution in [3.8, 4) is 0 Å². The van der Waals surface area contributed by atoms with Gasteiger partial charge in [-0.05, 0) is 6.42 Å². The van der Waals surface area contributed by atoms with Gasteiger partial charge in [-0.1, -0.05) is 96.8 Å². The molecule has 0 aliphatic rings. The van der Waals surface area contributed by atoms with Crippen LogP contribution in [-0.2, 0) is 9.63 Å². The molecule has 1 atom stereocenters. The maximum Gasteiger partial charge on any atom is 0.265 e. The topological polar surface area (TPSA) is 90.4 Å². The Kier molecular flexibility index (Phi) is 17.2. The first-order valence-corrected chi connectivity index (χ1v) is 9.62. The molecule has 0 spiro atoms. The van der Waals surface area contributed by atoms with Crippen LogP contribution in [-0.4, -0.2) is 12.0 Å². The molecular weight excluding hydrogens is 290 g/mol. The lowest BCUT2D eigenvalue weighted by Gasteiger charge is -2.12. The number of hydrogen-bond donors (Lipinski definition) is 3. The van der Waals surface area contributed by atoms with E-state index < -0.39 is 6.10 Å². The number of carbonyl (C=O) groups excluding carboxylic acids is 1. The molecule has 0 aromatic rings. The fourth-order valence-corrected chi connectivity index (χ4v) is 2.88. The lowest BCUT2D eigenvalue weighted by Crippen LogP contribution is -2.41. The van der Waals surface area contributed by atoms with Gasteiger partial charge in [0.25, 0.3) is 5.91 Å². The SMILES string of the molecule is CCCCCCCCCCCCCCCCC(ON)C(=O)NN. The van der Waals surface area contributed by atoms with E-state index >= 15 is 0 Å². The molecule has 0 saturated carbocycles. The van der Waals surface area contributed by atoms with Gasteiger partial charge in [-0.3, -0.25) is 15.1 Å². The molecule has 23 heavy (non-hydrogen) atoms. The standard InChI is InChI=1S/C18H39N3O2/c1-2-3-4-5-6-7-8-9-10-11-12-13-14-15-16-17(23-20)18(22)21-19/h17H,2-16,19-20H2,1H3,(H,21,22). The molecule has 0 radical (unpaired) electrons. The van der Waals surface area contributed by atoms with Crippen molar-refractivity contribution in [1.82, 2.24) is 5.43 Å². The number of nitrogens with one attached hydrogen (secondary N) is 1. The Bertz CT molecular complexity index is 263. The fraction of sp³-hybridized carbons (Fsp3) is 0.944. The third-order valence-electron chi connectivity index (χ3n) is 4.42. The first-order chi connectivity index (χ1) is 11.3. The van der Waals surface area contributed by atoms with Gasteiger partial charge in [0.2, 0.25) is 0 Å². The Morgan fingerprint density at radius 1 is 0.826 bits per heavy atom. The Morgan fingerprint density at radius 3 is 1.57 bits per heavy atom. The normalized spacial score (nSPS) is 12.3. The van der Waals surface area contributed by atoms with E-state index in [4.69, 9.17) is 11.7 Å². The van der Waals surface area contributed by atoms with Crippen molar-refractivity contribution < 1.29 is 9.63 Å². The summed E-state index contributed by atoms with van der Waals surface area (Å²) >= 11 is 0. The monoisotopic (exact) mass is 329 g/mol. The molecule has 0 aliphatic carbocycles. The van der Waals surface area contributed by atoms with Crippen LogP contribution in [0.3, 0.4) is 0 Å². The molecule has 0 heterocycles. The minimum atomic E-state index is -0.614. The number of nitrogens with two attached hydrogens (primary N) is 2. The van der Waals surface area contributed by atoms with Crippen LogP contribution in [0.4, 0.5) is 0 Å². The molecule has 138 valence electrons. The largest absolute Gasteiger partial charge is 0.292 e. The summed E-state index contributed by atoms with van der Waals surface area (Å²) in [5, 5.41) is 0. The first-order valence-electron chi connectivity index (χ1n) is 9.62. The minimum absolute atomic E-state index is 0.345. The van der Waals surface area contributed by atoms with E-state index in [-0.39, 0.29) is 5.91 Å². The third kappa shape index (κ3) is 14.7. The molecule has 0 saturated heterocycles. The van der Waals surface area contributed by atoms with Crippen molar-refractivity contribution in [2.45, 2.75) is 109 Å². The van der Waals surface area contributed by atoms with Gasteiger partial charge in [0.05, 0.1) is 0 Å². The van der Waals surface area contributed by atoms with Crippen LogP contribution in [0.25, 0.3) is 0 Å². The molecule has 0 rings (SSSR count). The summed E-state index contributed by atoms with van der Waals surface area (Å²) in [6, 6.07) is 0. The number of hydrazine groups is 1. The second kappa shape index (κ2) is 17.7. The quantitative estimate of drug-likeness (QED) is 0.162. The molecule has 0 bridgehead atoms. The highest BCUT2D eigenvalue weighted by Crippen LogP contribution is 2.14. The predicted molar refractivity (Wildman–Crippen MR) is 96.3 cm³/mol. The fourth-order valence-electron chi connectivity index (χ4n) is 2.88. The number of unbranched alkanes of at least 4 members (excludes halogenated alkanes) is 13. The van der Waals surface area contributed by atoms with E-state index in [0.717, 1.165) is 12.8 Å². The van der Waals surface area contributed by atoms with Crippen molar-refractivity contribution in [2.75, 3.05) is 0 Å². The van der Waals surface area contributed by atoms with Gasteiger partial charge in [0.15, 0.2) is 6.10 Å². The molecular formula is C18H39N3O2. The van der Waals surface area contributed by atoms with Crippen molar-refractivity contribution in [3.63, 3.8) is 0 Å². The highest BCUT2D eigenvalue weighted by molar-refractivity contribution is 5.79. The summed E-state index contributed by atoms with van der Waals surface area (Å²) in [4.78, 5) is 15.9. The Hall–Kier alpha value is -0.650. The van der Waals surface area contributed by atoms with Gasteiger partial charge in [0, 0.05) is 0 Å². The van der Waals surface area contributed by atoms with Crippen LogP contribution < -0.4 is 17.2 Å². The van der Waals surface area contributed by atoms with E-state index in [1.165, 1.54) is 77.0 Å². The molecule has 0 fully saturated rings. The second-order valence-electron chi connectivity index (χ2n) is 6.52. The lowest BCUT2D eigenvalue weighted by atomic mass is 10.0. The molecule has 5 heteroatoms. The van der Waals surface area contributed by atoms with Crippen molar-refractivity contribution in [2.24, 2.45) is 11.7 Å². The minimum Gasteiger partial charge on any atom is -0.292 e. The molecule has 1 unspecified atom stereocenters. The van der Waals surface area contributed by atoms with Crippen molar-refractivity contribution in [1.29, 1.82) is 0 Å². The summed E-state index contributed by atoms with van der Waals surface area (Å²) in [7, 11) is 0. The number of rotatable bonds is 17. The summed E-state index contributed by atoms with van der Waals surface area (Å²) in [6.07, 6.45) is 18.5. The Labute approximate surface area is 142 Å². The van der Waals surface area contributed by atoms with Crippen LogP contribution in [0.1, 0.15) is 103 Å². The van der Waals surface area contributed by atoms with E-state index in [1.54, 1.807) is 0 Å². The highest BCUT2D eigenvalue weighted by atomic mass is 16.6. The van der Waals surface area contributed by atoms with Gasteiger partial charge in [-0.2, -0.15) is 0 Å². The van der Waals surface area contributed by atoms with Crippen molar-refractivity contribution in [3.05, 3.63) is 0 Å². The zero-order valence-electron chi connectivity index (χ0n) is 15.2. The van der Waals surface area contributed by atoms with Crippen LogP contribution >= 0.6 is 0 Å². The van der Waals surface area contributed by atoms with Crippen LogP contribution in [0.15, 0.2) is 0 Å². The van der Waals surface area contributed by atoms with Crippen LogP contribution in [0.5, 0.6) is 0 Å². The highest BCUT2D eigenvalue weighted by Gasteiger charge is 2.16. The first kappa shape index (κ1) is 22.4. The van der Waals surface area contributed by atoms with Crippen LogP contribution in [0.2, 0.25) is 0 Å². The molecule has 0 aliphatic heterocycles. The lowest BCUT2D eigenvalue weighted by molar-refractivity contribution is -0.133. The van der Waals surface area contributed by atoms with E-state index in [9.17, 15) is 4.79 Å². The van der Waals surface area contributed by atoms with E-state index in [1.807, 2.05) is 0 Å². The zero-order valence-corrected chi connectivity index (χ0v) is 15.2. The Morgan fingerprint density at radius 2 is 1.22 bits per heavy atom. The van der Waals surface area contributed by atoms with Gasteiger partial charge in [-0.25, -0.2) is 11.7 Å². The molecule has 5 nitrogen and oxygen atoms in total. The van der Waals surface area contributed by atoms with Gasteiger partial charge >= 0.3 is 0 Å². The second-order valence-corrected chi connectivity index (χ2v) is 6.52. The summed E-state index contributed by atoms with van der Waals surface area (Å²) in [6.45, 7) is 2.27. The van der Waals surface area contributed by atoms with E-state index in [2.05, 4.69) is 17.2 Å². The maximum atomic E-state index is 11.3. The molecule has 1 amide bonds. The average molecular weight is 330 g/mol. The number of hydrogen-bond acceptors (Lipinski definition) is 4. The van der Waals surface area contributed by atoms with Crippen LogP contribution in [0, 0.1) is 0 Å². The van der Waals surface area contributed by atoms with Gasteiger partial charge in [-0.15, -0.1) is 0 Å². The predicted octanol–water partition coefficient (Wildman–Crippen LogP) is 4.11. The zero-order chi connectivity index (χ0) is 17.2. The maximum absolute atomic E-state index is 11.3.